The first-order valence-corrected chi connectivity index (χ1v) is 6.74. The highest BCUT2D eigenvalue weighted by Gasteiger charge is 2.29. The van der Waals surface area contributed by atoms with E-state index in [1.807, 2.05) is 30.3 Å². The van der Waals surface area contributed by atoms with Gasteiger partial charge in [0.25, 0.3) is 0 Å². The van der Waals surface area contributed by atoms with Crippen LogP contribution in [-0.4, -0.2) is 43.1 Å². The molecule has 1 aliphatic carbocycles. The lowest BCUT2D eigenvalue weighted by Gasteiger charge is -2.26. The van der Waals surface area contributed by atoms with Crippen LogP contribution in [0.5, 0.6) is 0 Å². The van der Waals surface area contributed by atoms with Gasteiger partial charge in [-0.05, 0) is 11.1 Å². The van der Waals surface area contributed by atoms with Gasteiger partial charge in [0.1, 0.15) is 5.92 Å². The standard InChI is InChI=1S/C15H16N2O3/c18-14(20-15(19)17-9-7-16-8-10-17)13-6-5-11-3-1-2-4-12(11)13/h1-6,13,16H,7-10H2. The Hall–Kier alpha value is -2.14. The molecule has 0 radical (unpaired) electrons. The molecule has 1 aromatic rings. The van der Waals surface area contributed by atoms with Gasteiger partial charge in [0, 0.05) is 26.2 Å². The van der Waals surface area contributed by atoms with E-state index < -0.39 is 18.0 Å². The van der Waals surface area contributed by atoms with Gasteiger partial charge in [0.15, 0.2) is 0 Å². The van der Waals surface area contributed by atoms with E-state index in [0.29, 0.717) is 13.1 Å². The Balaban J connectivity index is 1.66. The van der Waals surface area contributed by atoms with E-state index in [2.05, 4.69) is 5.32 Å². The summed E-state index contributed by atoms with van der Waals surface area (Å²) in [6.45, 7) is 2.61. The van der Waals surface area contributed by atoms with Crippen LogP contribution in [0.3, 0.4) is 0 Å². The van der Waals surface area contributed by atoms with Crippen molar-refractivity contribution in [2.75, 3.05) is 26.2 Å². The number of esters is 1. The first-order chi connectivity index (χ1) is 9.75. The van der Waals surface area contributed by atoms with E-state index in [0.717, 1.165) is 24.2 Å². The van der Waals surface area contributed by atoms with Gasteiger partial charge in [-0.3, -0.25) is 4.79 Å². The maximum absolute atomic E-state index is 12.1. The number of benzene rings is 1. The normalized spacial score (nSPS) is 20.6. The number of rotatable bonds is 1. The van der Waals surface area contributed by atoms with Crippen LogP contribution in [0.1, 0.15) is 17.0 Å². The molecule has 0 aromatic heterocycles. The van der Waals surface area contributed by atoms with Gasteiger partial charge < -0.3 is 15.0 Å². The average molecular weight is 272 g/mol. The number of ether oxygens (including phenoxy) is 1. The Morgan fingerprint density at radius 1 is 1.20 bits per heavy atom. The Bertz CT molecular complexity index is 562. The highest BCUT2D eigenvalue weighted by atomic mass is 16.6. The monoisotopic (exact) mass is 272 g/mol. The van der Waals surface area contributed by atoms with Crippen LogP contribution in [0.25, 0.3) is 6.08 Å². The lowest BCUT2D eigenvalue weighted by Crippen LogP contribution is -2.47. The van der Waals surface area contributed by atoms with Gasteiger partial charge in [-0.2, -0.15) is 0 Å². The maximum atomic E-state index is 12.1. The lowest BCUT2D eigenvalue weighted by atomic mass is 10.0. The second kappa shape index (κ2) is 5.46. The smallest absolute Gasteiger partial charge is 0.375 e. The van der Waals surface area contributed by atoms with Crippen LogP contribution in [0.4, 0.5) is 4.79 Å². The number of amides is 1. The fraction of sp³-hybridized carbons (Fsp3) is 0.333. The molecule has 20 heavy (non-hydrogen) atoms. The molecule has 1 unspecified atom stereocenters. The summed E-state index contributed by atoms with van der Waals surface area (Å²) in [7, 11) is 0. The molecular weight excluding hydrogens is 256 g/mol. The topological polar surface area (TPSA) is 58.6 Å². The minimum atomic E-state index is -0.547. The summed E-state index contributed by atoms with van der Waals surface area (Å²) < 4.78 is 5.00. The van der Waals surface area contributed by atoms with Crippen molar-refractivity contribution in [3.05, 3.63) is 41.5 Å². The second-order valence-electron chi connectivity index (χ2n) is 4.89. The summed E-state index contributed by atoms with van der Waals surface area (Å²) in [5.41, 5.74) is 1.90. The quantitative estimate of drug-likeness (QED) is 0.619. The van der Waals surface area contributed by atoms with E-state index in [4.69, 9.17) is 4.74 Å². The van der Waals surface area contributed by atoms with E-state index in [-0.39, 0.29) is 0 Å². The predicted molar refractivity (Wildman–Crippen MR) is 74.1 cm³/mol. The maximum Gasteiger partial charge on any atom is 0.417 e. The molecule has 1 saturated heterocycles. The first kappa shape index (κ1) is 12.9. The largest absolute Gasteiger partial charge is 0.417 e. The minimum Gasteiger partial charge on any atom is -0.375 e. The Kier molecular flexibility index (Phi) is 3.52. The highest BCUT2D eigenvalue weighted by Crippen LogP contribution is 2.30. The van der Waals surface area contributed by atoms with Crippen molar-refractivity contribution in [1.82, 2.24) is 10.2 Å². The Morgan fingerprint density at radius 2 is 1.95 bits per heavy atom. The SMILES string of the molecule is O=C(OC(=O)N1CCNCC1)C1C=Cc2ccccc21. The number of carbonyl (C=O) groups is 2. The molecule has 1 amide bonds. The molecule has 0 spiro atoms. The molecule has 5 nitrogen and oxygen atoms in total. The second-order valence-corrected chi connectivity index (χ2v) is 4.89. The zero-order valence-electron chi connectivity index (χ0n) is 11.0. The van der Waals surface area contributed by atoms with Crippen molar-refractivity contribution in [2.24, 2.45) is 0 Å². The molecule has 2 aliphatic rings. The number of nitrogens with one attached hydrogen (secondary N) is 1. The summed E-state index contributed by atoms with van der Waals surface area (Å²) in [4.78, 5) is 25.6. The predicted octanol–water partition coefficient (Wildman–Crippen LogP) is 1.37. The van der Waals surface area contributed by atoms with Gasteiger partial charge in [0.05, 0.1) is 0 Å². The number of hydrogen-bond acceptors (Lipinski definition) is 4. The van der Waals surface area contributed by atoms with Crippen molar-refractivity contribution in [3.63, 3.8) is 0 Å². The van der Waals surface area contributed by atoms with E-state index in [9.17, 15) is 9.59 Å². The number of fused-ring (bicyclic) bond motifs is 1. The number of piperazine rings is 1. The molecule has 0 bridgehead atoms. The minimum absolute atomic E-state index is 0.474. The van der Waals surface area contributed by atoms with Gasteiger partial charge in [-0.25, -0.2) is 4.79 Å². The molecule has 1 aromatic carbocycles. The molecule has 1 fully saturated rings. The first-order valence-electron chi connectivity index (χ1n) is 6.74. The third-order valence-corrected chi connectivity index (χ3v) is 3.62. The van der Waals surface area contributed by atoms with Gasteiger partial charge >= 0.3 is 12.1 Å². The molecule has 0 saturated carbocycles. The van der Waals surface area contributed by atoms with Crippen molar-refractivity contribution >= 4 is 18.1 Å². The van der Waals surface area contributed by atoms with Crippen LogP contribution in [-0.2, 0) is 9.53 Å². The van der Waals surface area contributed by atoms with E-state index in [1.165, 1.54) is 0 Å². The number of nitrogens with zero attached hydrogens (tertiary/aromatic N) is 1. The van der Waals surface area contributed by atoms with Crippen LogP contribution in [0, 0.1) is 0 Å². The van der Waals surface area contributed by atoms with Crippen LogP contribution < -0.4 is 5.32 Å². The highest BCUT2D eigenvalue weighted by molar-refractivity contribution is 5.93. The van der Waals surface area contributed by atoms with E-state index >= 15 is 0 Å². The molecule has 1 heterocycles. The van der Waals surface area contributed by atoms with Crippen molar-refractivity contribution in [3.8, 4) is 0 Å². The van der Waals surface area contributed by atoms with Crippen LogP contribution >= 0.6 is 0 Å². The number of carbonyl (C=O) groups excluding carboxylic acids is 2. The van der Waals surface area contributed by atoms with Crippen LogP contribution in [0.2, 0.25) is 0 Å². The van der Waals surface area contributed by atoms with Gasteiger partial charge in [-0.15, -0.1) is 0 Å². The lowest BCUT2D eigenvalue weighted by molar-refractivity contribution is -0.138. The third-order valence-electron chi connectivity index (χ3n) is 3.62. The summed E-state index contributed by atoms with van der Waals surface area (Å²) in [6, 6.07) is 7.63. The fourth-order valence-corrected chi connectivity index (χ4v) is 2.52. The molecular formula is C15H16N2O3. The van der Waals surface area contributed by atoms with Crippen molar-refractivity contribution < 1.29 is 14.3 Å². The Morgan fingerprint density at radius 3 is 2.75 bits per heavy atom. The zero-order chi connectivity index (χ0) is 13.9. The molecule has 5 heteroatoms. The summed E-state index contributed by atoms with van der Waals surface area (Å²) in [6.07, 6.45) is 3.11. The molecule has 1 N–H and O–H groups in total. The summed E-state index contributed by atoms with van der Waals surface area (Å²) in [5.74, 6) is -0.979. The van der Waals surface area contributed by atoms with Crippen LogP contribution in [0.15, 0.2) is 30.3 Å². The Labute approximate surface area is 117 Å². The van der Waals surface area contributed by atoms with Gasteiger partial charge in [0.2, 0.25) is 0 Å². The van der Waals surface area contributed by atoms with Gasteiger partial charge in [-0.1, -0.05) is 36.4 Å². The third kappa shape index (κ3) is 2.44. The van der Waals surface area contributed by atoms with E-state index in [1.54, 1.807) is 11.0 Å². The fourth-order valence-electron chi connectivity index (χ4n) is 2.52. The number of hydrogen-bond donors (Lipinski definition) is 1. The summed E-state index contributed by atoms with van der Waals surface area (Å²) >= 11 is 0. The summed E-state index contributed by atoms with van der Waals surface area (Å²) in [5, 5.41) is 3.15. The van der Waals surface area contributed by atoms with Crippen molar-refractivity contribution in [1.29, 1.82) is 0 Å². The molecule has 1 atom stereocenters. The average Bonchev–Trinajstić information content (AvgIpc) is 2.92. The molecule has 104 valence electrons. The molecule has 3 rings (SSSR count). The molecule has 1 aliphatic heterocycles. The van der Waals surface area contributed by atoms with Crippen molar-refractivity contribution in [2.45, 2.75) is 5.92 Å². The zero-order valence-corrected chi connectivity index (χ0v) is 11.0.